The van der Waals surface area contributed by atoms with E-state index >= 15 is 0 Å². The summed E-state index contributed by atoms with van der Waals surface area (Å²) in [5.41, 5.74) is 2.65. The van der Waals surface area contributed by atoms with E-state index in [-0.39, 0.29) is 5.91 Å². The van der Waals surface area contributed by atoms with Crippen LogP contribution in [0.3, 0.4) is 0 Å². The fourth-order valence-corrected chi connectivity index (χ4v) is 3.06. The maximum Gasteiger partial charge on any atom is 0.341 e. The molecule has 1 unspecified atom stereocenters. The molecule has 2 aromatic carbocycles. The molecule has 0 fully saturated rings. The Morgan fingerprint density at radius 2 is 1.88 bits per heavy atom. The molecule has 1 heterocycles. The number of nitrogens with zero attached hydrogens (tertiary/aromatic N) is 1. The number of halogens is 1. The van der Waals surface area contributed by atoms with Crippen molar-refractivity contribution in [2.75, 3.05) is 0 Å². The largest absolute Gasteiger partial charge is 0.434 e. The molecule has 2 aromatic rings. The standard InChI is InChI=1S/C19H16INO3/c1-13-6-8-14(9-7-13)12-21-17(22)10-11-18(21)24-19(23)15-4-2-3-5-16(15)20/h2-11,18H,12H2,1H3. The van der Waals surface area contributed by atoms with Crippen molar-refractivity contribution in [3.05, 3.63) is 80.9 Å². The van der Waals surface area contributed by atoms with E-state index in [0.717, 1.165) is 14.7 Å². The van der Waals surface area contributed by atoms with Gasteiger partial charge in [-0.15, -0.1) is 0 Å². The molecule has 1 aliphatic heterocycles. The van der Waals surface area contributed by atoms with E-state index in [4.69, 9.17) is 4.74 Å². The van der Waals surface area contributed by atoms with Crippen LogP contribution in [0.5, 0.6) is 0 Å². The molecule has 4 nitrogen and oxygen atoms in total. The quantitative estimate of drug-likeness (QED) is 0.546. The van der Waals surface area contributed by atoms with Crippen LogP contribution in [0.25, 0.3) is 0 Å². The van der Waals surface area contributed by atoms with Crippen molar-refractivity contribution < 1.29 is 14.3 Å². The Balaban J connectivity index is 1.73. The summed E-state index contributed by atoms with van der Waals surface area (Å²) in [6, 6.07) is 15.2. The Hall–Kier alpha value is -2.15. The van der Waals surface area contributed by atoms with Crippen molar-refractivity contribution in [1.82, 2.24) is 4.90 Å². The van der Waals surface area contributed by atoms with Crippen molar-refractivity contribution in [3.8, 4) is 0 Å². The Labute approximate surface area is 154 Å². The van der Waals surface area contributed by atoms with Crippen molar-refractivity contribution in [2.24, 2.45) is 0 Å². The monoisotopic (exact) mass is 433 g/mol. The number of esters is 1. The Morgan fingerprint density at radius 1 is 1.17 bits per heavy atom. The van der Waals surface area contributed by atoms with Crippen LogP contribution in [0.2, 0.25) is 0 Å². The van der Waals surface area contributed by atoms with Crippen LogP contribution < -0.4 is 0 Å². The number of rotatable bonds is 4. The summed E-state index contributed by atoms with van der Waals surface area (Å²) in [4.78, 5) is 26.0. The normalized spacial score (nSPS) is 16.5. The summed E-state index contributed by atoms with van der Waals surface area (Å²) in [5, 5.41) is 0. The minimum Gasteiger partial charge on any atom is -0.434 e. The van der Waals surface area contributed by atoms with Gasteiger partial charge in [-0.2, -0.15) is 0 Å². The van der Waals surface area contributed by atoms with Gasteiger partial charge in [0.1, 0.15) is 0 Å². The van der Waals surface area contributed by atoms with Gasteiger partial charge in [-0.25, -0.2) is 4.79 Å². The number of amides is 1. The maximum absolute atomic E-state index is 12.4. The second kappa shape index (κ2) is 7.17. The zero-order valence-corrected chi connectivity index (χ0v) is 15.3. The van der Waals surface area contributed by atoms with Gasteiger partial charge in [0, 0.05) is 16.2 Å². The first-order chi connectivity index (χ1) is 11.5. The molecule has 1 atom stereocenters. The average Bonchev–Trinajstić information content (AvgIpc) is 2.90. The minimum atomic E-state index is -0.678. The van der Waals surface area contributed by atoms with E-state index in [9.17, 15) is 9.59 Å². The summed E-state index contributed by atoms with van der Waals surface area (Å²) < 4.78 is 6.35. The lowest BCUT2D eigenvalue weighted by molar-refractivity contribution is -0.132. The van der Waals surface area contributed by atoms with Crippen LogP contribution >= 0.6 is 22.6 Å². The first kappa shape index (κ1) is 16.7. The molecule has 0 aliphatic carbocycles. The molecule has 1 amide bonds. The first-order valence-electron chi connectivity index (χ1n) is 7.54. The average molecular weight is 433 g/mol. The topological polar surface area (TPSA) is 46.6 Å². The van der Waals surface area contributed by atoms with Gasteiger partial charge in [0.15, 0.2) is 6.23 Å². The zero-order valence-electron chi connectivity index (χ0n) is 13.1. The molecular formula is C19H16INO3. The molecule has 122 valence electrons. The highest BCUT2D eigenvalue weighted by atomic mass is 127. The number of ether oxygens (including phenoxy) is 1. The molecule has 5 heteroatoms. The molecule has 0 N–H and O–H groups in total. The van der Waals surface area contributed by atoms with E-state index < -0.39 is 12.2 Å². The van der Waals surface area contributed by atoms with Crippen molar-refractivity contribution in [1.29, 1.82) is 0 Å². The molecule has 3 rings (SSSR count). The number of carbonyl (C=O) groups is 2. The second-order valence-corrected chi connectivity index (χ2v) is 6.75. The molecule has 24 heavy (non-hydrogen) atoms. The Bertz CT molecular complexity index is 799. The van der Waals surface area contributed by atoms with E-state index in [1.165, 1.54) is 6.08 Å². The number of carbonyl (C=O) groups excluding carboxylic acids is 2. The summed E-state index contributed by atoms with van der Waals surface area (Å²) in [5.74, 6) is -0.589. The van der Waals surface area contributed by atoms with E-state index in [1.807, 2.05) is 43.3 Å². The molecule has 1 aliphatic rings. The zero-order chi connectivity index (χ0) is 17.1. The van der Waals surface area contributed by atoms with E-state index in [2.05, 4.69) is 22.6 Å². The third kappa shape index (κ3) is 3.67. The van der Waals surface area contributed by atoms with Gasteiger partial charge in [-0.05, 0) is 53.3 Å². The van der Waals surface area contributed by atoms with Gasteiger partial charge in [0.05, 0.1) is 5.56 Å². The number of hydrogen-bond acceptors (Lipinski definition) is 3. The number of aryl methyl sites for hydroxylation is 1. The molecule has 0 saturated heterocycles. The predicted molar refractivity (Wildman–Crippen MR) is 99.2 cm³/mol. The Kier molecular flexibility index (Phi) is 4.99. The highest BCUT2D eigenvalue weighted by Crippen LogP contribution is 2.20. The molecule has 0 spiro atoms. The van der Waals surface area contributed by atoms with Gasteiger partial charge in [0.2, 0.25) is 5.91 Å². The van der Waals surface area contributed by atoms with Gasteiger partial charge >= 0.3 is 5.97 Å². The lowest BCUT2D eigenvalue weighted by atomic mass is 10.1. The smallest absolute Gasteiger partial charge is 0.341 e. The first-order valence-corrected chi connectivity index (χ1v) is 8.62. The Morgan fingerprint density at radius 3 is 2.58 bits per heavy atom. The third-order valence-corrected chi connectivity index (χ3v) is 4.73. The maximum atomic E-state index is 12.4. The second-order valence-electron chi connectivity index (χ2n) is 5.59. The summed E-state index contributed by atoms with van der Waals surface area (Å²) in [7, 11) is 0. The van der Waals surface area contributed by atoms with Gasteiger partial charge in [-0.1, -0.05) is 42.0 Å². The van der Waals surface area contributed by atoms with Crippen LogP contribution in [0.15, 0.2) is 60.7 Å². The molecule has 0 aromatic heterocycles. The fourth-order valence-electron chi connectivity index (χ4n) is 2.45. The number of hydrogen-bond donors (Lipinski definition) is 0. The van der Waals surface area contributed by atoms with E-state index in [0.29, 0.717) is 12.1 Å². The third-order valence-electron chi connectivity index (χ3n) is 3.79. The summed E-state index contributed by atoms with van der Waals surface area (Å²) in [6.07, 6.45) is 2.38. The van der Waals surface area contributed by atoms with Crippen molar-refractivity contribution >= 4 is 34.5 Å². The van der Waals surface area contributed by atoms with Crippen molar-refractivity contribution in [3.63, 3.8) is 0 Å². The van der Waals surface area contributed by atoms with Crippen LogP contribution in [0.1, 0.15) is 21.5 Å². The fraction of sp³-hybridized carbons (Fsp3) is 0.158. The summed E-state index contributed by atoms with van der Waals surface area (Å²) in [6.45, 7) is 2.41. The van der Waals surface area contributed by atoms with Crippen LogP contribution in [-0.2, 0) is 16.1 Å². The SMILES string of the molecule is Cc1ccc(CN2C(=O)C=CC2OC(=O)c2ccccc2I)cc1. The number of benzene rings is 2. The minimum absolute atomic E-state index is 0.156. The summed E-state index contributed by atoms with van der Waals surface area (Å²) >= 11 is 2.09. The predicted octanol–water partition coefficient (Wildman–Crippen LogP) is 3.68. The highest BCUT2D eigenvalue weighted by Gasteiger charge is 2.29. The van der Waals surface area contributed by atoms with E-state index in [1.54, 1.807) is 23.1 Å². The lowest BCUT2D eigenvalue weighted by Gasteiger charge is -2.24. The van der Waals surface area contributed by atoms with Gasteiger partial charge in [0.25, 0.3) is 0 Å². The van der Waals surface area contributed by atoms with Crippen molar-refractivity contribution in [2.45, 2.75) is 19.7 Å². The molecule has 0 saturated carbocycles. The van der Waals surface area contributed by atoms with Crippen LogP contribution in [-0.4, -0.2) is 23.0 Å². The highest BCUT2D eigenvalue weighted by molar-refractivity contribution is 14.1. The van der Waals surface area contributed by atoms with Gasteiger partial charge in [-0.3, -0.25) is 9.69 Å². The molecule has 0 radical (unpaired) electrons. The van der Waals surface area contributed by atoms with Crippen LogP contribution in [0.4, 0.5) is 0 Å². The van der Waals surface area contributed by atoms with Gasteiger partial charge < -0.3 is 4.74 Å². The lowest BCUT2D eigenvalue weighted by Crippen LogP contribution is -2.36. The molecule has 0 bridgehead atoms. The molecular weight excluding hydrogens is 417 g/mol. The van der Waals surface area contributed by atoms with Crippen LogP contribution in [0, 0.1) is 10.5 Å².